The lowest BCUT2D eigenvalue weighted by Gasteiger charge is -2.13. The standard InChI is InChI=1S/C21H20N2O2/c1-14(24)22-18-8-4-6-16(13-18)19-9-5-7-15-12-17(10-11-20(15)19)21(25)23(2)3/h4-13H,1-3H3,(H,22,24). The molecule has 25 heavy (non-hydrogen) atoms. The summed E-state index contributed by atoms with van der Waals surface area (Å²) in [5.74, 6) is -0.109. The summed E-state index contributed by atoms with van der Waals surface area (Å²) in [4.78, 5) is 25.0. The molecule has 0 fully saturated rings. The first-order chi connectivity index (χ1) is 12.0. The maximum Gasteiger partial charge on any atom is 0.253 e. The molecule has 0 saturated carbocycles. The van der Waals surface area contributed by atoms with Crippen molar-refractivity contribution in [2.24, 2.45) is 0 Å². The van der Waals surface area contributed by atoms with Crippen molar-refractivity contribution in [3.05, 3.63) is 66.2 Å². The highest BCUT2D eigenvalue weighted by atomic mass is 16.2. The molecule has 0 bridgehead atoms. The number of anilines is 1. The molecule has 0 atom stereocenters. The molecule has 4 nitrogen and oxygen atoms in total. The van der Waals surface area contributed by atoms with Crippen molar-refractivity contribution >= 4 is 28.3 Å². The quantitative estimate of drug-likeness (QED) is 0.783. The molecule has 0 aliphatic rings. The molecule has 0 heterocycles. The van der Waals surface area contributed by atoms with Gasteiger partial charge in [0.1, 0.15) is 0 Å². The fourth-order valence-corrected chi connectivity index (χ4v) is 2.89. The fourth-order valence-electron chi connectivity index (χ4n) is 2.89. The molecular formula is C21H20N2O2. The van der Waals surface area contributed by atoms with Crippen LogP contribution in [0.2, 0.25) is 0 Å². The average Bonchev–Trinajstić information content (AvgIpc) is 2.59. The fraction of sp³-hybridized carbons (Fsp3) is 0.143. The van der Waals surface area contributed by atoms with Crippen LogP contribution >= 0.6 is 0 Å². The van der Waals surface area contributed by atoms with Gasteiger partial charge in [0.05, 0.1) is 0 Å². The van der Waals surface area contributed by atoms with E-state index in [1.165, 1.54) is 6.92 Å². The molecule has 3 aromatic rings. The minimum absolute atomic E-state index is 0.0139. The van der Waals surface area contributed by atoms with Crippen LogP contribution in [0.3, 0.4) is 0 Å². The predicted octanol–water partition coefficient (Wildman–Crippen LogP) is 4.17. The average molecular weight is 332 g/mol. The zero-order chi connectivity index (χ0) is 18.0. The number of benzene rings is 3. The van der Waals surface area contributed by atoms with E-state index in [1.807, 2.05) is 60.7 Å². The van der Waals surface area contributed by atoms with Crippen LogP contribution in [0.25, 0.3) is 21.9 Å². The molecule has 0 aromatic heterocycles. The number of hydrogen-bond acceptors (Lipinski definition) is 2. The van der Waals surface area contributed by atoms with Gasteiger partial charge >= 0.3 is 0 Å². The number of amides is 2. The lowest BCUT2D eigenvalue weighted by molar-refractivity contribution is -0.114. The van der Waals surface area contributed by atoms with Gasteiger partial charge in [0.15, 0.2) is 0 Å². The van der Waals surface area contributed by atoms with Crippen LogP contribution in [0.4, 0.5) is 5.69 Å². The third kappa shape index (κ3) is 3.53. The van der Waals surface area contributed by atoms with Gasteiger partial charge in [-0.3, -0.25) is 9.59 Å². The zero-order valence-electron chi connectivity index (χ0n) is 14.5. The van der Waals surface area contributed by atoms with Gasteiger partial charge in [-0.05, 0) is 46.2 Å². The molecule has 0 spiro atoms. The third-order valence-corrected chi connectivity index (χ3v) is 4.03. The highest BCUT2D eigenvalue weighted by molar-refractivity contribution is 6.03. The molecule has 126 valence electrons. The van der Waals surface area contributed by atoms with Crippen molar-refractivity contribution in [3.63, 3.8) is 0 Å². The Morgan fingerprint density at radius 2 is 1.68 bits per heavy atom. The van der Waals surface area contributed by atoms with Crippen LogP contribution in [-0.4, -0.2) is 30.8 Å². The normalized spacial score (nSPS) is 10.5. The summed E-state index contributed by atoms with van der Waals surface area (Å²) < 4.78 is 0. The molecule has 0 aliphatic heterocycles. The summed E-state index contributed by atoms with van der Waals surface area (Å²) in [5, 5.41) is 4.89. The van der Waals surface area contributed by atoms with Crippen molar-refractivity contribution in [2.75, 3.05) is 19.4 Å². The Kier molecular flexibility index (Phi) is 4.52. The first-order valence-corrected chi connectivity index (χ1v) is 8.08. The predicted molar refractivity (Wildman–Crippen MR) is 102 cm³/mol. The highest BCUT2D eigenvalue weighted by Crippen LogP contribution is 2.31. The Morgan fingerprint density at radius 1 is 0.920 bits per heavy atom. The van der Waals surface area contributed by atoms with Crippen molar-refractivity contribution < 1.29 is 9.59 Å². The van der Waals surface area contributed by atoms with Crippen molar-refractivity contribution in [1.29, 1.82) is 0 Å². The van der Waals surface area contributed by atoms with E-state index in [0.717, 1.165) is 27.6 Å². The maximum atomic E-state index is 12.2. The number of hydrogen-bond donors (Lipinski definition) is 1. The summed E-state index contributed by atoms with van der Waals surface area (Å²) in [5.41, 5.74) is 3.51. The maximum absolute atomic E-state index is 12.2. The molecular weight excluding hydrogens is 312 g/mol. The van der Waals surface area contributed by atoms with Gasteiger partial charge in [0.25, 0.3) is 5.91 Å². The summed E-state index contributed by atoms with van der Waals surface area (Å²) in [6, 6.07) is 19.5. The Hall–Kier alpha value is -3.14. The first kappa shape index (κ1) is 16.7. The molecule has 1 N–H and O–H groups in total. The van der Waals surface area contributed by atoms with E-state index in [1.54, 1.807) is 19.0 Å². The van der Waals surface area contributed by atoms with E-state index in [2.05, 4.69) is 5.32 Å². The minimum atomic E-state index is -0.0955. The van der Waals surface area contributed by atoms with Crippen LogP contribution in [0.15, 0.2) is 60.7 Å². The van der Waals surface area contributed by atoms with Crippen LogP contribution < -0.4 is 5.32 Å². The van der Waals surface area contributed by atoms with Gasteiger partial charge in [0, 0.05) is 32.3 Å². The first-order valence-electron chi connectivity index (χ1n) is 8.08. The molecule has 3 aromatic carbocycles. The molecule has 0 aliphatic carbocycles. The summed E-state index contributed by atoms with van der Waals surface area (Å²) in [6.45, 7) is 1.49. The topological polar surface area (TPSA) is 49.4 Å². The molecule has 4 heteroatoms. The summed E-state index contributed by atoms with van der Waals surface area (Å²) in [6.07, 6.45) is 0. The Bertz CT molecular complexity index is 961. The smallest absolute Gasteiger partial charge is 0.253 e. The monoisotopic (exact) mass is 332 g/mol. The SMILES string of the molecule is CC(=O)Nc1cccc(-c2cccc3cc(C(=O)N(C)C)ccc23)c1. The highest BCUT2D eigenvalue weighted by Gasteiger charge is 2.10. The second-order valence-electron chi connectivity index (χ2n) is 6.20. The van der Waals surface area contributed by atoms with E-state index < -0.39 is 0 Å². The Balaban J connectivity index is 2.08. The Morgan fingerprint density at radius 3 is 2.40 bits per heavy atom. The van der Waals surface area contributed by atoms with Crippen LogP contribution in [0.5, 0.6) is 0 Å². The van der Waals surface area contributed by atoms with Gasteiger partial charge in [-0.15, -0.1) is 0 Å². The van der Waals surface area contributed by atoms with Crippen LogP contribution in [-0.2, 0) is 4.79 Å². The summed E-state index contributed by atoms with van der Waals surface area (Å²) in [7, 11) is 3.49. The van der Waals surface area contributed by atoms with E-state index in [9.17, 15) is 9.59 Å². The van der Waals surface area contributed by atoms with E-state index >= 15 is 0 Å². The van der Waals surface area contributed by atoms with Crippen molar-refractivity contribution in [3.8, 4) is 11.1 Å². The third-order valence-electron chi connectivity index (χ3n) is 4.03. The van der Waals surface area contributed by atoms with E-state index in [4.69, 9.17) is 0 Å². The largest absolute Gasteiger partial charge is 0.345 e. The van der Waals surface area contributed by atoms with Gasteiger partial charge in [-0.1, -0.05) is 36.4 Å². The van der Waals surface area contributed by atoms with Gasteiger partial charge in [-0.25, -0.2) is 0 Å². The molecule has 0 saturated heterocycles. The number of nitrogens with zero attached hydrogens (tertiary/aromatic N) is 1. The lowest BCUT2D eigenvalue weighted by atomic mass is 9.96. The zero-order valence-corrected chi connectivity index (χ0v) is 14.5. The number of rotatable bonds is 3. The second kappa shape index (κ2) is 6.77. The lowest BCUT2D eigenvalue weighted by Crippen LogP contribution is -2.21. The van der Waals surface area contributed by atoms with Gasteiger partial charge in [-0.2, -0.15) is 0 Å². The second-order valence-corrected chi connectivity index (χ2v) is 6.20. The van der Waals surface area contributed by atoms with Crippen molar-refractivity contribution in [1.82, 2.24) is 4.90 Å². The van der Waals surface area contributed by atoms with Crippen LogP contribution in [0.1, 0.15) is 17.3 Å². The molecule has 0 radical (unpaired) electrons. The van der Waals surface area contributed by atoms with Gasteiger partial charge < -0.3 is 10.2 Å². The minimum Gasteiger partial charge on any atom is -0.345 e. The molecule has 2 amide bonds. The number of nitrogens with one attached hydrogen (secondary N) is 1. The van der Waals surface area contributed by atoms with Gasteiger partial charge in [0.2, 0.25) is 5.91 Å². The number of carbonyl (C=O) groups is 2. The van der Waals surface area contributed by atoms with Crippen LogP contribution in [0, 0.1) is 0 Å². The van der Waals surface area contributed by atoms with E-state index in [-0.39, 0.29) is 11.8 Å². The van der Waals surface area contributed by atoms with E-state index in [0.29, 0.717) is 5.56 Å². The Labute approximate surface area is 147 Å². The molecule has 3 rings (SSSR count). The van der Waals surface area contributed by atoms with Crippen molar-refractivity contribution in [2.45, 2.75) is 6.92 Å². The molecule has 0 unspecified atom stereocenters. The number of carbonyl (C=O) groups excluding carboxylic acids is 2. The summed E-state index contributed by atoms with van der Waals surface area (Å²) >= 11 is 0. The number of fused-ring (bicyclic) bond motifs is 1.